The second-order valence-corrected chi connectivity index (χ2v) is 5.14. The van der Waals surface area contributed by atoms with Crippen LogP contribution in [0.5, 0.6) is 17.2 Å². The fourth-order valence-corrected chi connectivity index (χ4v) is 2.30. The van der Waals surface area contributed by atoms with Crippen molar-refractivity contribution in [2.24, 2.45) is 0 Å². The molecule has 0 heterocycles. The minimum atomic E-state index is 0.540. The van der Waals surface area contributed by atoms with Gasteiger partial charge in [-0.1, -0.05) is 28.9 Å². The van der Waals surface area contributed by atoms with Crippen molar-refractivity contribution in [3.05, 3.63) is 52.0 Å². The van der Waals surface area contributed by atoms with Crippen molar-refractivity contribution >= 4 is 15.9 Å². The smallest absolute Gasteiger partial charge is 0.169 e. The van der Waals surface area contributed by atoms with Crippen LogP contribution in [0.1, 0.15) is 18.1 Å². The highest BCUT2D eigenvalue weighted by Crippen LogP contribution is 2.33. The lowest BCUT2D eigenvalue weighted by atomic mass is 10.1. The first-order chi connectivity index (χ1) is 9.66. The van der Waals surface area contributed by atoms with E-state index in [-0.39, 0.29) is 0 Å². The number of hydrogen-bond donors (Lipinski definition) is 0. The van der Waals surface area contributed by atoms with Gasteiger partial charge in [0.15, 0.2) is 11.5 Å². The molecule has 0 aromatic heterocycles. The largest absolute Gasteiger partial charge is 0.493 e. The minimum Gasteiger partial charge on any atom is -0.493 e. The van der Waals surface area contributed by atoms with Crippen molar-refractivity contribution in [1.29, 1.82) is 5.26 Å². The Kier molecular flexibility index (Phi) is 4.65. The van der Waals surface area contributed by atoms with Crippen LogP contribution in [0.3, 0.4) is 0 Å². The minimum absolute atomic E-state index is 0.540. The third-order valence-electron chi connectivity index (χ3n) is 2.86. The van der Waals surface area contributed by atoms with Crippen LogP contribution in [0.4, 0.5) is 0 Å². The molecule has 0 N–H and O–H groups in total. The van der Waals surface area contributed by atoms with E-state index < -0.39 is 0 Å². The Morgan fingerprint density at radius 2 is 1.95 bits per heavy atom. The summed E-state index contributed by atoms with van der Waals surface area (Å²) in [5, 5.41) is 8.97. The van der Waals surface area contributed by atoms with Gasteiger partial charge in [0, 0.05) is 4.47 Å². The van der Waals surface area contributed by atoms with Gasteiger partial charge in [-0.05, 0) is 42.3 Å². The molecule has 3 nitrogen and oxygen atoms in total. The lowest BCUT2D eigenvalue weighted by Crippen LogP contribution is -1.92. The van der Waals surface area contributed by atoms with Gasteiger partial charge in [-0.25, -0.2) is 0 Å². The Morgan fingerprint density at radius 1 is 1.15 bits per heavy atom. The van der Waals surface area contributed by atoms with Crippen molar-refractivity contribution in [1.82, 2.24) is 0 Å². The standard InChI is InChI=1S/C16H14BrNO2/c1-3-11-4-5-15(16(8-11)19-2)20-14-7-12(10-18)6-13(17)9-14/h4-9H,3H2,1-2H3. The van der Waals surface area contributed by atoms with Crippen molar-refractivity contribution < 1.29 is 9.47 Å². The maximum Gasteiger partial charge on any atom is 0.169 e. The number of rotatable bonds is 4. The van der Waals surface area contributed by atoms with E-state index in [1.54, 1.807) is 19.2 Å². The van der Waals surface area contributed by atoms with Crippen LogP contribution >= 0.6 is 15.9 Å². The molecule has 0 saturated carbocycles. The molecule has 0 spiro atoms. The van der Waals surface area contributed by atoms with E-state index in [9.17, 15) is 0 Å². The highest BCUT2D eigenvalue weighted by atomic mass is 79.9. The zero-order valence-corrected chi connectivity index (χ0v) is 12.9. The fraction of sp³-hybridized carbons (Fsp3) is 0.188. The van der Waals surface area contributed by atoms with Crippen molar-refractivity contribution in [3.8, 4) is 23.3 Å². The highest BCUT2D eigenvalue weighted by Gasteiger charge is 2.08. The van der Waals surface area contributed by atoms with Crippen molar-refractivity contribution in [2.75, 3.05) is 7.11 Å². The van der Waals surface area contributed by atoms with Crippen LogP contribution in [-0.2, 0) is 6.42 Å². The molecule has 0 aliphatic carbocycles. The number of halogens is 1. The Labute approximate surface area is 126 Å². The van der Waals surface area contributed by atoms with E-state index in [4.69, 9.17) is 14.7 Å². The Balaban J connectivity index is 2.35. The summed E-state index contributed by atoms with van der Waals surface area (Å²) in [4.78, 5) is 0. The number of nitrogens with zero attached hydrogens (tertiary/aromatic N) is 1. The Morgan fingerprint density at radius 3 is 2.60 bits per heavy atom. The number of ether oxygens (including phenoxy) is 2. The van der Waals surface area contributed by atoms with Gasteiger partial charge in [-0.3, -0.25) is 0 Å². The predicted octanol–water partition coefficient (Wildman–Crippen LogP) is 4.68. The molecule has 0 saturated heterocycles. The number of methoxy groups -OCH3 is 1. The lowest BCUT2D eigenvalue weighted by molar-refractivity contribution is 0.378. The van der Waals surface area contributed by atoms with E-state index in [2.05, 4.69) is 28.9 Å². The number of hydrogen-bond acceptors (Lipinski definition) is 3. The van der Waals surface area contributed by atoms with Gasteiger partial charge in [-0.15, -0.1) is 0 Å². The van der Waals surface area contributed by atoms with Gasteiger partial charge in [0.1, 0.15) is 5.75 Å². The van der Waals surface area contributed by atoms with Crippen molar-refractivity contribution in [2.45, 2.75) is 13.3 Å². The van der Waals surface area contributed by atoms with Crippen LogP contribution in [-0.4, -0.2) is 7.11 Å². The molecule has 0 atom stereocenters. The summed E-state index contributed by atoms with van der Waals surface area (Å²) >= 11 is 3.36. The zero-order valence-electron chi connectivity index (χ0n) is 11.3. The molecular formula is C16H14BrNO2. The summed E-state index contributed by atoms with van der Waals surface area (Å²) < 4.78 is 12.0. The monoisotopic (exact) mass is 331 g/mol. The molecule has 0 aliphatic rings. The lowest BCUT2D eigenvalue weighted by Gasteiger charge is -2.12. The molecule has 0 fully saturated rings. The topological polar surface area (TPSA) is 42.2 Å². The van der Waals surface area contributed by atoms with Crippen LogP contribution in [0.2, 0.25) is 0 Å². The molecular weight excluding hydrogens is 318 g/mol. The Hall–Kier alpha value is -1.99. The third-order valence-corrected chi connectivity index (χ3v) is 3.32. The van der Waals surface area contributed by atoms with Gasteiger partial charge >= 0.3 is 0 Å². The van der Waals surface area contributed by atoms with Crippen LogP contribution < -0.4 is 9.47 Å². The predicted molar refractivity (Wildman–Crippen MR) is 81.3 cm³/mol. The molecule has 4 heteroatoms. The molecule has 102 valence electrons. The van der Waals surface area contributed by atoms with Gasteiger partial charge in [0.2, 0.25) is 0 Å². The van der Waals surface area contributed by atoms with Crippen LogP contribution in [0, 0.1) is 11.3 Å². The summed E-state index contributed by atoms with van der Waals surface area (Å²) in [6.45, 7) is 2.09. The first kappa shape index (κ1) is 14.4. The molecule has 0 bridgehead atoms. The van der Waals surface area contributed by atoms with Gasteiger partial charge in [0.25, 0.3) is 0 Å². The normalized spacial score (nSPS) is 9.90. The first-order valence-corrected chi connectivity index (χ1v) is 7.01. The summed E-state index contributed by atoms with van der Waals surface area (Å²) in [5.41, 5.74) is 1.72. The third kappa shape index (κ3) is 3.31. The highest BCUT2D eigenvalue weighted by molar-refractivity contribution is 9.10. The van der Waals surface area contributed by atoms with E-state index in [1.807, 2.05) is 24.3 Å². The first-order valence-electron chi connectivity index (χ1n) is 6.21. The van der Waals surface area contributed by atoms with Crippen molar-refractivity contribution in [3.63, 3.8) is 0 Å². The van der Waals surface area contributed by atoms with Gasteiger partial charge < -0.3 is 9.47 Å². The van der Waals surface area contributed by atoms with E-state index in [0.29, 0.717) is 22.8 Å². The molecule has 0 aliphatic heterocycles. The van der Waals surface area contributed by atoms with Gasteiger partial charge in [-0.2, -0.15) is 5.26 Å². The van der Waals surface area contributed by atoms with E-state index in [0.717, 1.165) is 10.9 Å². The van der Waals surface area contributed by atoms with Gasteiger partial charge in [0.05, 0.1) is 18.7 Å². The summed E-state index contributed by atoms with van der Waals surface area (Å²) in [7, 11) is 1.61. The second kappa shape index (κ2) is 6.44. The quantitative estimate of drug-likeness (QED) is 0.816. The fourth-order valence-electron chi connectivity index (χ4n) is 1.83. The maximum absolute atomic E-state index is 8.97. The SMILES string of the molecule is CCc1ccc(Oc2cc(Br)cc(C#N)c2)c(OC)c1. The summed E-state index contributed by atoms with van der Waals surface area (Å²) in [6.07, 6.45) is 0.937. The number of aryl methyl sites for hydroxylation is 1. The summed E-state index contributed by atoms with van der Waals surface area (Å²) in [5.74, 6) is 1.91. The molecule has 0 radical (unpaired) electrons. The molecule has 2 rings (SSSR count). The summed E-state index contributed by atoms with van der Waals surface area (Å²) in [6, 6.07) is 13.2. The number of benzene rings is 2. The molecule has 20 heavy (non-hydrogen) atoms. The van der Waals surface area contributed by atoms with Crippen LogP contribution in [0.25, 0.3) is 0 Å². The Bertz CT molecular complexity index is 662. The second-order valence-electron chi connectivity index (χ2n) is 4.23. The average molecular weight is 332 g/mol. The molecule has 0 amide bonds. The molecule has 2 aromatic rings. The molecule has 0 unspecified atom stereocenters. The number of nitriles is 1. The molecule has 2 aromatic carbocycles. The maximum atomic E-state index is 8.97. The zero-order chi connectivity index (χ0) is 14.5. The van der Waals surface area contributed by atoms with E-state index >= 15 is 0 Å². The van der Waals surface area contributed by atoms with E-state index in [1.165, 1.54) is 5.56 Å². The average Bonchev–Trinajstić information content (AvgIpc) is 2.47. The van der Waals surface area contributed by atoms with Crippen LogP contribution in [0.15, 0.2) is 40.9 Å².